The van der Waals surface area contributed by atoms with Gasteiger partial charge in [-0.15, -0.1) is 5.10 Å². The lowest BCUT2D eigenvalue weighted by Crippen LogP contribution is -2.31. The molecule has 1 amide bonds. The molecule has 0 saturated heterocycles. The van der Waals surface area contributed by atoms with E-state index in [1.807, 2.05) is 12.1 Å². The van der Waals surface area contributed by atoms with Gasteiger partial charge in [0.2, 0.25) is 11.1 Å². The molecule has 1 aromatic carbocycles. The van der Waals surface area contributed by atoms with Gasteiger partial charge in [-0.3, -0.25) is 4.79 Å². The Balaban J connectivity index is 1.51. The Morgan fingerprint density at radius 3 is 2.96 bits per heavy atom. The van der Waals surface area contributed by atoms with Crippen molar-refractivity contribution in [2.75, 3.05) is 12.3 Å². The number of nitrogens with one attached hydrogen (secondary N) is 1. The van der Waals surface area contributed by atoms with Gasteiger partial charge in [0.05, 0.1) is 11.4 Å². The molecule has 0 radical (unpaired) electrons. The number of carbonyl (C=O) groups is 1. The summed E-state index contributed by atoms with van der Waals surface area (Å²) in [7, 11) is 0. The van der Waals surface area contributed by atoms with Crippen LogP contribution in [0, 0.1) is 5.92 Å². The second-order valence-corrected chi connectivity index (χ2v) is 7.33. The number of hydrogen-bond donors (Lipinski definition) is 1. The lowest BCUT2D eigenvalue weighted by atomic mass is 9.89. The second kappa shape index (κ2) is 8.48. The van der Waals surface area contributed by atoms with Gasteiger partial charge in [0.1, 0.15) is 0 Å². The number of hydrogen-bond acceptors (Lipinski definition) is 5. The average Bonchev–Trinajstić information content (AvgIpc) is 3.08. The Hall–Kier alpha value is -1.60. The fraction of sp³-hybridized carbons (Fsp3) is 0.500. The number of amides is 1. The number of thioether (sulfide) groups is 1. The third-order valence-corrected chi connectivity index (χ3v) is 5.29. The third kappa shape index (κ3) is 4.70. The van der Waals surface area contributed by atoms with Crippen LogP contribution in [0.25, 0.3) is 5.69 Å². The van der Waals surface area contributed by atoms with Crippen LogP contribution in [-0.4, -0.2) is 38.4 Å². The molecule has 3 rings (SSSR count). The van der Waals surface area contributed by atoms with Gasteiger partial charge >= 0.3 is 0 Å². The van der Waals surface area contributed by atoms with E-state index in [-0.39, 0.29) is 5.91 Å². The van der Waals surface area contributed by atoms with Gasteiger partial charge < -0.3 is 5.32 Å². The SMILES string of the molecule is O=C(CSc1nnnn1-c1cccc(Cl)c1)NCC1CCCCC1. The molecule has 1 aliphatic rings. The summed E-state index contributed by atoms with van der Waals surface area (Å²) in [6.45, 7) is 0.776. The van der Waals surface area contributed by atoms with E-state index in [2.05, 4.69) is 20.8 Å². The molecule has 1 aromatic heterocycles. The van der Waals surface area contributed by atoms with Crippen molar-refractivity contribution in [1.82, 2.24) is 25.5 Å². The molecular weight excluding hydrogens is 346 g/mol. The smallest absolute Gasteiger partial charge is 0.230 e. The van der Waals surface area contributed by atoms with Gasteiger partial charge in [0.25, 0.3) is 0 Å². The van der Waals surface area contributed by atoms with Gasteiger partial charge in [0.15, 0.2) is 0 Å². The molecule has 0 spiro atoms. The molecular formula is C16H20ClN5OS. The summed E-state index contributed by atoms with van der Waals surface area (Å²) in [5.74, 6) is 0.948. The van der Waals surface area contributed by atoms with Crippen molar-refractivity contribution in [3.63, 3.8) is 0 Å². The van der Waals surface area contributed by atoms with Crippen molar-refractivity contribution in [2.24, 2.45) is 5.92 Å². The predicted octanol–water partition coefficient (Wildman–Crippen LogP) is 3.10. The average molecular weight is 366 g/mol. The van der Waals surface area contributed by atoms with Gasteiger partial charge in [-0.1, -0.05) is 48.7 Å². The van der Waals surface area contributed by atoms with E-state index in [9.17, 15) is 4.79 Å². The summed E-state index contributed by atoms with van der Waals surface area (Å²) in [4.78, 5) is 12.1. The topological polar surface area (TPSA) is 72.7 Å². The standard InChI is InChI=1S/C16H20ClN5OS/c17-13-7-4-8-14(9-13)22-16(19-20-21-22)24-11-15(23)18-10-12-5-2-1-3-6-12/h4,7-9,12H,1-3,5-6,10-11H2,(H,18,23). The second-order valence-electron chi connectivity index (χ2n) is 5.95. The van der Waals surface area contributed by atoms with E-state index in [0.717, 1.165) is 12.2 Å². The summed E-state index contributed by atoms with van der Waals surface area (Å²) in [5.41, 5.74) is 0.776. The fourth-order valence-electron chi connectivity index (χ4n) is 2.87. The van der Waals surface area contributed by atoms with E-state index in [1.54, 1.807) is 16.8 Å². The molecule has 0 unspecified atom stereocenters. The number of nitrogens with zero attached hydrogens (tertiary/aromatic N) is 4. The van der Waals surface area contributed by atoms with E-state index < -0.39 is 0 Å². The first kappa shape index (κ1) is 17.2. The van der Waals surface area contributed by atoms with Crippen LogP contribution in [0.2, 0.25) is 5.02 Å². The molecule has 0 bridgehead atoms. The molecule has 1 heterocycles. The van der Waals surface area contributed by atoms with Gasteiger partial charge in [0, 0.05) is 11.6 Å². The predicted molar refractivity (Wildman–Crippen MR) is 94.5 cm³/mol. The highest BCUT2D eigenvalue weighted by atomic mass is 35.5. The first-order valence-corrected chi connectivity index (χ1v) is 9.52. The Labute approximate surface area is 150 Å². The monoisotopic (exact) mass is 365 g/mol. The van der Waals surface area contributed by atoms with Crippen LogP contribution in [0.1, 0.15) is 32.1 Å². The Morgan fingerprint density at radius 2 is 2.17 bits per heavy atom. The quantitative estimate of drug-likeness (QED) is 0.796. The lowest BCUT2D eigenvalue weighted by molar-refractivity contribution is -0.118. The van der Waals surface area contributed by atoms with Gasteiger partial charge in [-0.05, 0) is 47.4 Å². The maximum absolute atomic E-state index is 12.1. The molecule has 1 aliphatic carbocycles. The summed E-state index contributed by atoms with van der Waals surface area (Å²) in [6, 6.07) is 7.28. The Kier molecular flexibility index (Phi) is 6.09. The highest BCUT2D eigenvalue weighted by molar-refractivity contribution is 7.99. The number of aromatic nitrogens is 4. The highest BCUT2D eigenvalue weighted by Crippen LogP contribution is 2.23. The highest BCUT2D eigenvalue weighted by Gasteiger charge is 2.15. The summed E-state index contributed by atoms with van der Waals surface area (Å²) in [6.07, 6.45) is 6.33. The van der Waals surface area contributed by atoms with Crippen molar-refractivity contribution in [3.8, 4) is 5.69 Å². The number of tetrazole rings is 1. The first-order valence-electron chi connectivity index (χ1n) is 8.16. The van der Waals surface area contributed by atoms with Gasteiger partial charge in [-0.25, -0.2) is 0 Å². The van der Waals surface area contributed by atoms with Crippen LogP contribution in [0.4, 0.5) is 0 Å². The molecule has 1 N–H and O–H groups in total. The van der Waals surface area contributed by atoms with E-state index in [1.165, 1.54) is 43.9 Å². The summed E-state index contributed by atoms with van der Waals surface area (Å²) < 4.78 is 1.59. The van der Waals surface area contributed by atoms with Crippen LogP contribution in [0.15, 0.2) is 29.4 Å². The molecule has 6 nitrogen and oxygen atoms in total. The first-order chi connectivity index (χ1) is 11.7. The van der Waals surface area contributed by atoms with Crippen LogP contribution in [0.3, 0.4) is 0 Å². The molecule has 1 saturated carbocycles. The minimum absolute atomic E-state index is 0.0196. The van der Waals surface area contributed by atoms with Crippen molar-refractivity contribution in [2.45, 2.75) is 37.3 Å². The van der Waals surface area contributed by atoms with Crippen LogP contribution in [-0.2, 0) is 4.79 Å². The minimum Gasteiger partial charge on any atom is -0.355 e. The largest absolute Gasteiger partial charge is 0.355 e. The molecule has 0 aliphatic heterocycles. The van der Waals surface area contributed by atoms with Crippen molar-refractivity contribution in [1.29, 1.82) is 0 Å². The zero-order valence-electron chi connectivity index (χ0n) is 13.3. The molecule has 24 heavy (non-hydrogen) atoms. The Morgan fingerprint density at radius 1 is 1.33 bits per heavy atom. The van der Waals surface area contributed by atoms with Crippen LogP contribution >= 0.6 is 23.4 Å². The molecule has 1 fully saturated rings. The normalized spacial score (nSPS) is 15.4. The number of benzene rings is 1. The molecule has 8 heteroatoms. The Bertz CT molecular complexity index is 687. The zero-order valence-corrected chi connectivity index (χ0v) is 14.9. The van der Waals surface area contributed by atoms with Crippen molar-refractivity contribution < 1.29 is 4.79 Å². The summed E-state index contributed by atoms with van der Waals surface area (Å²) >= 11 is 7.32. The van der Waals surface area contributed by atoms with Crippen molar-refractivity contribution in [3.05, 3.63) is 29.3 Å². The van der Waals surface area contributed by atoms with Gasteiger partial charge in [-0.2, -0.15) is 4.68 Å². The van der Waals surface area contributed by atoms with Crippen LogP contribution < -0.4 is 5.32 Å². The number of rotatable bonds is 6. The fourth-order valence-corrected chi connectivity index (χ4v) is 3.77. The zero-order chi connectivity index (χ0) is 16.8. The van der Waals surface area contributed by atoms with E-state index in [0.29, 0.717) is 21.8 Å². The molecule has 128 valence electrons. The summed E-state index contributed by atoms with van der Waals surface area (Å²) in [5, 5.41) is 15.9. The minimum atomic E-state index is 0.0196. The van der Waals surface area contributed by atoms with E-state index in [4.69, 9.17) is 11.6 Å². The maximum atomic E-state index is 12.1. The maximum Gasteiger partial charge on any atom is 0.230 e. The van der Waals surface area contributed by atoms with Crippen LogP contribution in [0.5, 0.6) is 0 Å². The van der Waals surface area contributed by atoms with E-state index >= 15 is 0 Å². The molecule has 2 aromatic rings. The molecule has 0 atom stereocenters. The number of halogens is 1. The number of carbonyl (C=O) groups excluding carboxylic acids is 1. The van der Waals surface area contributed by atoms with Crippen molar-refractivity contribution >= 4 is 29.3 Å². The third-order valence-electron chi connectivity index (χ3n) is 4.14. The lowest BCUT2D eigenvalue weighted by Gasteiger charge is -2.21.